The van der Waals surface area contributed by atoms with E-state index >= 15 is 0 Å². The molecule has 0 saturated heterocycles. The number of alkyl halides is 2. The average Bonchev–Trinajstić information content (AvgIpc) is 3.20. The van der Waals surface area contributed by atoms with Crippen LogP contribution in [0.4, 0.5) is 22.0 Å². The topological polar surface area (TPSA) is 9.23 Å². The lowest BCUT2D eigenvalue weighted by atomic mass is 9.86. The first-order valence-corrected chi connectivity index (χ1v) is 12.8. The van der Waals surface area contributed by atoms with E-state index in [-0.39, 0.29) is 39.7 Å². The second-order valence-corrected chi connectivity index (χ2v) is 10.7. The minimum atomic E-state index is -3.31. The van der Waals surface area contributed by atoms with Crippen molar-refractivity contribution in [3.63, 3.8) is 0 Å². The first-order chi connectivity index (χ1) is 17.8. The second-order valence-electron chi connectivity index (χ2n) is 10.7. The molecule has 1 rings (SSSR count). The summed E-state index contributed by atoms with van der Waals surface area (Å²) in [4.78, 5) is 0. The van der Waals surface area contributed by atoms with E-state index in [0.29, 0.717) is 24.8 Å². The number of rotatable bonds is 15. The lowest BCUT2D eigenvalue weighted by Gasteiger charge is -2.34. The zero-order valence-corrected chi connectivity index (χ0v) is 23.8. The Hall–Kier alpha value is -2.99. The molecular formula is C33H41F5O. The molecule has 1 nitrogen and oxygen atoms in total. The van der Waals surface area contributed by atoms with Gasteiger partial charge in [0.05, 0.1) is 11.5 Å². The van der Waals surface area contributed by atoms with Gasteiger partial charge in [0, 0.05) is 11.1 Å². The summed E-state index contributed by atoms with van der Waals surface area (Å²) in [5, 5.41) is 0. The van der Waals surface area contributed by atoms with Gasteiger partial charge in [-0.05, 0) is 92.4 Å². The molecule has 0 spiro atoms. The van der Waals surface area contributed by atoms with Crippen LogP contribution in [0.5, 0.6) is 0 Å². The monoisotopic (exact) mass is 548 g/mol. The molecule has 214 valence electrons. The quantitative estimate of drug-likeness (QED) is 0.112. The number of ether oxygens (including phenoxy) is 1. The van der Waals surface area contributed by atoms with Crippen molar-refractivity contribution in [2.45, 2.75) is 66.1 Å². The van der Waals surface area contributed by atoms with E-state index in [1.54, 1.807) is 19.9 Å². The molecule has 0 aromatic rings. The maximum absolute atomic E-state index is 14.8. The Labute approximate surface area is 230 Å². The van der Waals surface area contributed by atoms with Crippen LogP contribution in [-0.4, -0.2) is 12.2 Å². The zero-order valence-electron chi connectivity index (χ0n) is 23.8. The largest absolute Gasteiger partial charge is 0.364 e. The van der Waals surface area contributed by atoms with Crippen molar-refractivity contribution in [3.05, 3.63) is 121 Å². The molecule has 6 heteroatoms. The van der Waals surface area contributed by atoms with E-state index < -0.39 is 35.1 Å². The van der Waals surface area contributed by atoms with Crippen molar-refractivity contribution < 1.29 is 26.7 Å². The lowest BCUT2D eigenvalue weighted by Crippen LogP contribution is -2.41. The summed E-state index contributed by atoms with van der Waals surface area (Å²) in [5.41, 5.74) is -1.24. The average molecular weight is 549 g/mol. The van der Waals surface area contributed by atoms with Gasteiger partial charge in [0.15, 0.2) is 0 Å². The number of halogens is 5. The molecule has 0 N–H and O–H groups in total. The fraction of sp³-hybridized carbons (Fsp3) is 0.394. The third-order valence-corrected chi connectivity index (χ3v) is 6.87. The Morgan fingerprint density at radius 1 is 0.923 bits per heavy atom. The molecule has 0 radical (unpaired) electrons. The molecule has 1 aliphatic rings. The summed E-state index contributed by atoms with van der Waals surface area (Å²) in [6.07, 6.45) is 3.41. The Morgan fingerprint density at radius 3 is 1.87 bits per heavy atom. The molecule has 0 aromatic heterocycles. The van der Waals surface area contributed by atoms with E-state index in [0.717, 1.165) is 18.2 Å². The molecule has 0 aliphatic heterocycles. The van der Waals surface area contributed by atoms with Crippen molar-refractivity contribution in [2.24, 2.45) is 17.3 Å². The van der Waals surface area contributed by atoms with Gasteiger partial charge in [-0.25, -0.2) is 13.2 Å². The number of hydrogen-bond acceptors (Lipinski definition) is 1. The number of allylic oxidation sites excluding steroid dienone is 13. The Balaban J connectivity index is 2.74. The van der Waals surface area contributed by atoms with Gasteiger partial charge in [-0.1, -0.05) is 65.5 Å². The van der Waals surface area contributed by atoms with Crippen molar-refractivity contribution in [1.82, 2.24) is 0 Å². The maximum Gasteiger partial charge on any atom is 0.364 e. The summed E-state index contributed by atoms with van der Waals surface area (Å²) >= 11 is 0. The van der Waals surface area contributed by atoms with E-state index in [9.17, 15) is 22.0 Å². The third kappa shape index (κ3) is 9.61. The van der Waals surface area contributed by atoms with Gasteiger partial charge in [-0.15, -0.1) is 0 Å². The van der Waals surface area contributed by atoms with Crippen LogP contribution in [0.25, 0.3) is 0 Å². The molecule has 0 amide bonds. The van der Waals surface area contributed by atoms with Crippen LogP contribution in [0.1, 0.15) is 53.9 Å². The summed E-state index contributed by atoms with van der Waals surface area (Å²) in [6, 6.07) is 0. The van der Waals surface area contributed by atoms with Crippen LogP contribution in [0.3, 0.4) is 0 Å². The fourth-order valence-electron chi connectivity index (χ4n) is 3.90. The van der Waals surface area contributed by atoms with Gasteiger partial charge in [0.2, 0.25) is 0 Å². The molecule has 0 bridgehead atoms. The third-order valence-electron chi connectivity index (χ3n) is 6.87. The van der Waals surface area contributed by atoms with E-state index in [1.165, 1.54) is 19.9 Å². The highest BCUT2D eigenvalue weighted by Gasteiger charge is 2.52. The maximum atomic E-state index is 14.8. The SMILES string of the molecule is C=C(/C=C(/F)C(=C)C)C(=C)/C(F)=C\C(=C)C(=C)/C(F)=C\C(=C)C(C)CCC(C)OC(F)(F)[C@@]1(C)C=CC(C)C1. The Kier molecular flexibility index (Phi) is 12.1. The van der Waals surface area contributed by atoms with Gasteiger partial charge in [0.25, 0.3) is 0 Å². The summed E-state index contributed by atoms with van der Waals surface area (Å²) in [5.74, 6) is -2.50. The second kappa shape index (κ2) is 13.9. The van der Waals surface area contributed by atoms with Crippen LogP contribution in [0.2, 0.25) is 0 Å². The van der Waals surface area contributed by atoms with Crippen LogP contribution in [0, 0.1) is 17.3 Å². The van der Waals surface area contributed by atoms with Crippen LogP contribution >= 0.6 is 0 Å². The normalized spacial score (nSPS) is 21.9. The molecule has 3 unspecified atom stereocenters. The van der Waals surface area contributed by atoms with Crippen LogP contribution in [0.15, 0.2) is 121 Å². The van der Waals surface area contributed by atoms with Crippen LogP contribution in [-0.2, 0) is 4.74 Å². The molecule has 39 heavy (non-hydrogen) atoms. The van der Waals surface area contributed by atoms with E-state index in [1.807, 2.05) is 6.92 Å². The molecular weight excluding hydrogens is 507 g/mol. The number of hydrogen-bond donors (Lipinski definition) is 0. The molecule has 0 aromatic carbocycles. The molecule has 0 saturated carbocycles. The lowest BCUT2D eigenvalue weighted by molar-refractivity contribution is -0.309. The highest BCUT2D eigenvalue weighted by Crippen LogP contribution is 2.48. The van der Waals surface area contributed by atoms with Crippen LogP contribution < -0.4 is 0 Å². The first-order valence-electron chi connectivity index (χ1n) is 12.8. The summed E-state index contributed by atoms with van der Waals surface area (Å²) < 4.78 is 77.9. The minimum absolute atomic E-state index is 0.0137. The summed E-state index contributed by atoms with van der Waals surface area (Å²) in [7, 11) is 0. The Bertz CT molecular complexity index is 1150. The molecule has 0 heterocycles. The van der Waals surface area contributed by atoms with E-state index in [4.69, 9.17) is 4.74 Å². The molecule has 1 aliphatic carbocycles. The first kappa shape index (κ1) is 34.0. The predicted molar refractivity (Wildman–Crippen MR) is 153 cm³/mol. The van der Waals surface area contributed by atoms with Gasteiger partial charge in [0.1, 0.15) is 17.5 Å². The van der Waals surface area contributed by atoms with Crippen molar-refractivity contribution >= 4 is 0 Å². The zero-order chi connectivity index (χ0) is 30.3. The molecule has 4 atom stereocenters. The summed E-state index contributed by atoms with van der Waals surface area (Å²) in [6.45, 7) is 29.9. The van der Waals surface area contributed by atoms with Crippen molar-refractivity contribution in [3.8, 4) is 0 Å². The highest BCUT2D eigenvalue weighted by atomic mass is 19.3. The van der Waals surface area contributed by atoms with Gasteiger partial charge < -0.3 is 4.74 Å². The smallest absolute Gasteiger partial charge is 0.317 e. The van der Waals surface area contributed by atoms with Gasteiger partial charge in [-0.2, -0.15) is 8.78 Å². The predicted octanol–water partition coefficient (Wildman–Crippen LogP) is 10.9. The van der Waals surface area contributed by atoms with E-state index in [2.05, 4.69) is 39.5 Å². The Morgan fingerprint density at radius 2 is 1.41 bits per heavy atom. The van der Waals surface area contributed by atoms with Gasteiger partial charge in [-0.3, -0.25) is 0 Å². The molecule has 0 fully saturated rings. The fourth-order valence-corrected chi connectivity index (χ4v) is 3.90. The highest BCUT2D eigenvalue weighted by molar-refractivity contribution is 5.54. The standard InChI is InChI=1S/C33H41F5O/c1-20(2)29(34)17-24(6)27(9)31(36)18-25(7)28(10)30(35)16-23(5)22(4)12-13-26(8)39-33(37,38)32(11)15-14-21(3)19-32/h14-18,21-22,26H,1,5-7,9-10,12-13,19H2,2-4,8,11H3/b29-17+,30-16+,31-18+/t21?,22?,26?,32-/m0/s1. The van der Waals surface area contributed by atoms with Crippen molar-refractivity contribution in [1.29, 1.82) is 0 Å². The minimum Gasteiger partial charge on any atom is -0.317 e. The van der Waals surface area contributed by atoms with Crippen molar-refractivity contribution in [2.75, 3.05) is 0 Å². The van der Waals surface area contributed by atoms with Gasteiger partial charge >= 0.3 is 6.11 Å².